The Hall–Kier alpha value is -2.49. The molecule has 2 aromatic rings. The van der Waals surface area contributed by atoms with E-state index in [0.29, 0.717) is 11.6 Å². The zero-order valence-corrected chi connectivity index (χ0v) is 17.3. The largest absolute Gasteiger partial charge is 0.481 e. The molecule has 5 nitrogen and oxygen atoms in total. The Labute approximate surface area is 177 Å². The first kappa shape index (κ1) is 20.2. The van der Waals surface area contributed by atoms with Gasteiger partial charge in [-0.15, -0.1) is 0 Å². The second-order valence-corrected chi connectivity index (χ2v) is 7.55. The molecule has 144 valence electrons. The van der Waals surface area contributed by atoms with Gasteiger partial charge in [-0.3, -0.25) is 9.59 Å². The van der Waals surface area contributed by atoms with Gasteiger partial charge in [0.05, 0.1) is 12.5 Å². The number of anilines is 1. The Bertz CT molecular complexity index is 921. The van der Waals surface area contributed by atoms with Crippen molar-refractivity contribution in [2.75, 3.05) is 24.6 Å². The highest BCUT2D eigenvalue weighted by Gasteiger charge is 2.34. The molecule has 1 fully saturated rings. The molecule has 1 aliphatic rings. The van der Waals surface area contributed by atoms with Crippen LogP contribution >= 0.6 is 27.5 Å². The van der Waals surface area contributed by atoms with E-state index in [4.69, 9.17) is 16.3 Å². The molecule has 1 atom stereocenters. The molecule has 0 aromatic heterocycles. The number of carbonyl (C=O) groups excluding carboxylic acids is 2. The number of nitrogens with one attached hydrogen (secondary N) is 1. The lowest BCUT2D eigenvalue weighted by Crippen LogP contribution is -2.33. The number of rotatable bonds is 5. The summed E-state index contributed by atoms with van der Waals surface area (Å²) in [5.41, 5.74) is 0.745. The third-order valence-electron chi connectivity index (χ3n) is 4.22. The standard InChI is InChI=1S/C21H18BrClN2O3/c22-16-4-3-5-19(13-16)28-11-2-1-10-24-21(27)15-12-20(26)25(14-15)18-8-6-17(23)7-9-18/h3-9,13,15H,10-12,14H2,(H,24,27). The fraction of sp³-hybridized carbons (Fsp3) is 0.238. The summed E-state index contributed by atoms with van der Waals surface area (Å²) in [5, 5.41) is 3.36. The number of halogens is 2. The minimum absolute atomic E-state index is 0.0732. The van der Waals surface area contributed by atoms with Crippen LogP contribution in [-0.2, 0) is 9.59 Å². The van der Waals surface area contributed by atoms with E-state index in [-0.39, 0.29) is 37.3 Å². The van der Waals surface area contributed by atoms with Gasteiger partial charge in [0, 0.05) is 28.1 Å². The third-order valence-corrected chi connectivity index (χ3v) is 4.96. The van der Waals surface area contributed by atoms with Crippen molar-refractivity contribution in [2.45, 2.75) is 6.42 Å². The summed E-state index contributed by atoms with van der Waals surface area (Å²) in [6, 6.07) is 14.5. The predicted molar refractivity (Wildman–Crippen MR) is 112 cm³/mol. The average Bonchev–Trinajstić information content (AvgIpc) is 3.07. The normalized spacial score (nSPS) is 15.7. The van der Waals surface area contributed by atoms with E-state index in [1.54, 1.807) is 29.2 Å². The van der Waals surface area contributed by atoms with Crippen molar-refractivity contribution < 1.29 is 14.3 Å². The quantitative estimate of drug-likeness (QED) is 0.692. The highest BCUT2D eigenvalue weighted by atomic mass is 79.9. The van der Waals surface area contributed by atoms with Gasteiger partial charge in [-0.25, -0.2) is 0 Å². The molecule has 0 bridgehead atoms. The van der Waals surface area contributed by atoms with Crippen LogP contribution in [0.1, 0.15) is 6.42 Å². The Kier molecular flexibility index (Phi) is 6.96. The van der Waals surface area contributed by atoms with E-state index in [2.05, 4.69) is 33.1 Å². The maximum Gasteiger partial charge on any atom is 0.227 e. The van der Waals surface area contributed by atoms with Crippen molar-refractivity contribution in [1.82, 2.24) is 5.32 Å². The molecule has 1 N–H and O–H groups in total. The van der Waals surface area contributed by atoms with Gasteiger partial charge in [-0.1, -0.05) is 45.4 Å². The molecule has 1 unspecified atom stereocenters. The molecule has 1 saturated heterocycles. The molecule has 2 aromatic carbocycles. The van der Waals surface area contributed by atoms with E-state index < -0.39 is 0 Å². The number of amides is 2. The molecule has 0 aliphatic carbocycles. The fourth-order valence-corrected chi connectivity index (χ4v) is 3.32. The number of hydrogen-bond acceptors (Lipinski definition) is 3. The van der Waals surface area contributed by atoms with Gasteiger partial charge in [0.25, 0.3) is 0 Å². The van der Waals surface area contributed by atoms with Gasteiger partial charge >= 0.3 is 0 Å². The van der Waals surface area contributed by atoms with E-state index in [1.165, 1.54) is 0 Å². The second-order valence-electron chi connectivity index (χ2n) is 6.20. The lowest BCUT2D eigenvalue weighted by atomic mass is 10.1. The smallest absolute Gasteiger partial charge is 0.227 e. The summed E-state index contributed by atoms with van der Waals surface area (Å²) in [4.78, 5) is 26.1. The van der Waals surface area contributed by atoms with Crippen molar-refractivity contribution in [1.29, 1.82) is 0 Å². The molecule has 1 heterocycles. The zero-order chi connectivity index (χ0) is 19.9. The summed E-state index contributed by atoms with van der Waals surface area (Å²) in [5.74, 6) is 5.80. The molecule has 7 heteroatoms. The third kappa shape index (κ3) is 5.51. The van der Waals surface area contributed by atoms with Gasteiger partial charge in [-0.2, -0.15) is 0 Å². The molecular formula is C21H18BrClN2O3. The van der Waals surface area contributed by atoms with Crippen LogP contribution in [0.4, 0.5) is 5.69 Å². The lowest BCUT2D eigenvalue weighted by molar-refractivity contribution is -0.126. The zero-order valence-electron chi connectivity index (χ0n) is 15.0. The Morgan fingerprint density at radius 1 is 1.25 bits per heavy atom. The van der Waals surface area contributed by atoms with Crippen LogP contribution < -0.4 is 15.0 Å². The van der Waals surface area contributed by atoms with Gasteiger partial charge in [0.1, 0.15) is 12.4 Å². The predicted octanol–water partition coefficient (Wildman–Crippen LogP) is 3.65. The van der Waals surface area contributed by atoms with E-state index >= 15 is 0 Å². The van der Waals surface area contributed by atoms with Crippen LogP contribution in [0.5, 0.6) is 5.75 Å². The second kappa shape index (κ2) is 9.63. The summed E-state index contributed by atoms with van der Waals surface area (Å²) in [7, 11) is 0. The first-order valence-electron chi connectivity index (χ1n) is 8.70. The van der Waals surface area contributed by atoms with Crippen LogP contribution in [-0.4, -0.2) is 31.5 Å². The van der Waals surface area contributed by atoms with Gasteiger partial charge < -0.3 is 15.0 Å². The highest BCUT2D eigenvalue weighted by Crippen LogP contribution is 2.26. The van der Waals surface area contributed by atoms with Crippen LogP contribution in [0.15, 0.2) is 53.0 Å². The molecule has 0 saturated carbocycles. The van der Waals surface area contributed by atoms with Gasteiger partial charge in [0.2, 0.25) is 11.8 Å². The van der Waals surface area contributed by atoms with Crippen LogP contribution in [0.25, 0.3) is 0 Å². The minimum atomic E-state index is -0.386. The maximum atomic E-state index is 12.3. The Morgan fingerprint density at radius 3 is 2.79 bits per heavy atom. The molecular weight excluding hydrogens is 444 g/mol. The first-order chi connectivity index (χ1) is 13.5. The number of benzene rings is 2. The van der Waals surface area contributed by atoms with Gasteiger partial charge in [-0.05, 0) is 42.5 Å². The molecule has 1 aliphatic heterocycles. The topological polar surface area (TPSA) is 58.6 Å². The van der Waals surface area contributed by atoms with Crippen molar-refractivity contribution in [2.24, 2.45) is 5.92 Å². The van der Waals surface area contributed by atoms with Crippen molar-refractivity contribution in [3.05, 3.63) is 58.0 Å². The Morgan fingerprint density at radius 2 is 2.04 bits per heavy atom. The van der Waals surface area contributed by atoms with Crippen molar-refractivity contribution in [3.8, 4) is 17.6 Å². The summed E-state index contributed by atoms with van der Waals surface area (Å²) < 4.78 is 6.44. The van der Waals surface area contributed by atoms with Crippen LogP contribution in [0, 0.1) is 17.8 Å². The number of nitrogens with zero attached hydrogens (tertiary/aromatic N) is 1. The van der Waals surface area contributed by atoms with E-state index in [0.717, 1.165) is 15.9 Å². The molecule has 2 amide bonds. The van der Waals surface area contributed by atoms with E-state index in [9.17, 15) is 9.59 Å². The van der Waals surface area contributed by atoms with Crippen LogP contribution in [0.2, 0.25) is 5.02 Å². The monoisotopic (exact) mass is 460 g/mol. The SMILES string of the molecule is O=C(NCC#CCOc1cccc(Br)c1)C1CC(=O)N(c2ccc(Cl)cc2)C1. The summed E-state index contributed by atoms with van der Waals surface area (Å²) in [6.45, 7) is 0.802. The maximum absolute atomic E-state index is 12.3. The van der Waals surface area contributed by atoms with Crippen LogP contribution in [0.3, 0.4) is 0 Å². The summed E-state index contributed by atoms with van der Waals surface area (Å²) >= 11 is 9.25. The summed E-state index contributed by atoms with van der Waals surface area (Å²) in [6.07, 6.45) is 0.188. The number of hydrogen-bond donors (Lipinski definition) is 1. The first-order valence-corrected chi connectivity index (χ1v) is 9.88. The molecule has 3 rings (SSSR count). The van der Waals surface area contributed by atoms with Crippen molar-refractivity contribution in [3.63, 3.8) is 0 Å². The number of carbonyl (C=O) groups is 2. The van der Waals surface area contributed by atoms with Crippen molar-refractivity contribution >= 4 is 45.0 Å². The van der Waals surface area contributed by atoms with E-state index in [1.807, 2.05) is 24.3 Å². The molecule has 0 spiro atoms. The Balaban J connectivity index is 1.43. The highest BCUT2D eigenvalue weighted by molar-refractivity contribution is 9.10. The fourth-order valence-electron chi connectivity index (χ4n) is 2.82. The molecule has 28 heavy (non-hydrogen) atoms. The average molecular weight is 462 g/mol. The minimum Gasteiger partial charge on any atom is -0.481 e. The van der Waals surface area contributed by atoms with Gasteiger partial charge in [0.15, 0.2) is 0 Å². The lowest BCUT2D eigenvalue weighted by Gasteiger charge is -2.16. The number of ether oxygens (including phenoxy) is 1. The molecule has 0 radical (unpaired) electrons.